The number of aryl methyl sites for hydroxylation is 2. The molecule has 0 saturated carbocycles. The number of hydrogen-bond donors (Lipinski definition) is 2. The van der Waals surface area contributed by atoms with E-state index in [9.17, 15) is 9.90 Å². The van der Waals surface area contributed by atoms with Gasteiger partial charge in [0.15, 0.2) is 11.6 Å². The van der Waals surface area contributed by atoms with E-state index in [4.69, 9.17) is 14.6 Å². The molecule has 0 aliphatic carbocycles. The molecule has 2 aromatic heterocycles. The lowest BCUT2D eigenvalue weighted by atomic mass is 10.1. The van der Waals surface area contributed by atoms with Crippen molar-refractivity contribution in [2.24, 2.45) is 0 Å². The van der Waals surface area contributed by atoms with Gasteiger partial charge in [0.05, 0.1) is 7.11 Å². The molecule has 0 saturated heterocycles. The number of ether oxygens (including phenoxy) is 1. The van der Waals surface area contributed by atoms with Crippen LogP contribution in [0, 0.1) is 6.92 Å². The van der Waals surface area contributed by atoms with E-state index >= 15 is 0 Å². The number of methoxy groups -OCH3 is 1. The Morgan fingerprint density at radius 1 is 1.13 bits per heavy atom. The Labute approximate surface area is 173 Å². The van der Waals surface area contributed by atoms with Crippen LogP contribution >= 0.6 is 0 Å². The Kier molecular flexibility index (Phi) is 7.68. The SMILES string of the molecule is CC(=O)O.CCn1nc(-c2nc(Cc3ccccc3OC)nn2CC(=O)O)cc1C. The van der Waals surface area contributed by atoms with Crippen LogP contribution in [0.1, 0.15) is 30.9 Å². The number of rotatable bonds is 7. The molecule has 0 fully saturated rings. The molecule has 2 N–H and O–H groups in total. The summed E-state index contributed by atoms with van der Waals surface area (Å²) in [5, 5.41) is 25.5. The number of benzene rings is 1. The molecule has 0 aliphatic rings. The van der Waals surface area contributed by atoms with Gasteiger partial charge in [0.25, 0.3) is 5.97 Å². The first-order valence-electron chi connectivity index (χ1n) is 9.26. The highest BCUT2D eigenvalue weighted by molar-refractivity contribution is 5.67. The van der Waals surface area contributed by atoms with Crippen LogP contribution < -0.4 is 4.74 Å². The Morgan fingerprint density at radius 3 is 2.37 bits per heavy atom. The maximum absolute atomic E-state index is 11.2. The van der Waals surface area contributed by atoms with E-state index in [-0.39, 0.29) is 6.54 Å². The Bertz CT molecular complexity index is 1020. The van der Waals surface area contributed by atoms with Crippen molar-refractivity contribution in [2.45, 2.75) is 40.3 Å². The van der Waals surface area contributed by atoms with Gasteiger partial charge < -0.3 is 14.9 Å². The largest absolute Gasteiger partial charge is 0.496 e. The second-order valence-electron chi connectivity index (χ2n) is 6.40. The first-order valence-corrected chi connectivity index (χ1v) is 9.26. The highest BCUT2D eigenvalue weighted by Gasteiger charge is 2.18. The van der Waals surface area contributed by atoms with Crippen molar-refractivity contribution in [1.29, 1.82) is 0 Å². The summed E-state index contributed by atoms with van der Waals surface area (Å²) in [6.07, 6.45) is 0.442. The van der Waals surface area contributed by atoms with Gasteiger partial charge in [0, 0.05) is 31.1 Å². The van der Waals surface area contributed by atoms with Gasteiger partial charge >= 0.3 is 5.97 Å². The summed E-state index contributed by atoms with van der Waals surface area (Å²) < 4.78 is 8.59. The van der Waals surface area contributed by atoms with Crippen LogP contribution in [0.2, 0.25) is 0 Å². The molecule has 0 radical (unpaired) electrons. The van der Waals surface area contributed by atoms with E-state index in [2.05, 4.69) is 15.2 Å². The van der Waals surface area contributed by atoms with E-state index < -0.39 is 11.9 Å². The van der Waals surface area contributed by atoms with E-state index in [1.165, 1.54) is 4.68 Å². The Balaban J connectivity index is 0.000000735. The smallest absolute Gasteiger partial charge is 0.325 e. The standard InChI is InChI=1S/C18H21N5O3.C2H4O2/c1-4-22-12(2)9-14(20-22)18-19-16(21-23(18)11-17(24)25)10-13-7-5-6-8-15(13)26-3;1-2(3)4/h5-9H,4,10-11H2,1-3H3,(H,24,25);1H3,(H,3,4). The molecule has 160 valence electrons. The van der Waals surface area contributed by atoms with Crippen molar-refractivity contribution in [3.63, 3.8) is 0 Å². The van der Waals surface area contributed by atoms with Gasteiger partial charge in [-0.2, -0.15) is 10.2 Å². The van der Waals surface area contributed by atoms with Gasteiger partial charge in [-0.25, -0.2) is 9.67 Å². The van der Waals surface area contributed by atoms with Crippen LogP contribution in [0.4, 0.5) is 0 Å². The molecule has 10 heteroatoms. The quantitative estimate of drug-likeness (QED) is 0.600. The summed E-state index contributed by atoms with van der Waals surface area (Å²) in [7, 11) is 1.61. The van der Waals surface area contributed by atoms with Crippen LogP contribution in [-0.2, 0) is 29.1 Å². The molecule has 0 bridgehead atoms. The summed E-state index contributed by atoms with van der Waals surface area (Å²) in [6.45, 7) is 5.49. The molecule has 0 amide bonds. The van der Waals surface area contributed by atoms with Crippen LogP contribution in [0.15, 0.2) is 30.3 Å². The van der Waals surface area contributed by atoms with E-state index in [0.717, 1.165) is 30.5 Å². The number of carbonyl (C=O) groups is 2. The first kappa shape index (κ1) is 22.6. The monoisotopic (exact) mass is 415 g/mol. The highest BCUT2D eigenvalue weighted by Crippen LogP contribution is 2.22. The summed E-state index contributed by atoms with van der Waals surface area (Å²) in [5.41, 5.74) is 2.53. The van der Waals surface area contributed by atoms with Crippen molar-refractivity contribution >= 4 is 11.9 Å². The first-order chi connectivity index (χ1) is 14.2. The number of carboxylic acid groups (broad SMARTS) is 2. The van der Waals surface area contributed by atoms with Crippen molar-refractivity contribution in [3.8, 4) is 17.3 Å². The molecule has 30 heavy (non-hydrogen) atoms. The number of aliphatic carboxylic acids is 2. The molecule has 0 atom stereocenters. The van der Waals surface area contributed by atoms with Gasteiger partial charge in [0.1, 0.15) is 18.0 Å². The maximum atomic E-state index is 11.2. The van der Waals surface area contributed by atoms with Crippen LogP contribution in [0.3, 0.4) is 0 Å². The third-order valence-electron chi connectivity index (χ3n) is 4.05. The Hall–Kier alpha value is -3.69. The predicted octanol–water partition coefficient (Wildman–Crippen LogP) is 2.24. The van der Waals surface area contributed by atoms with Gasteiger partial charge in [-0.1, -0.05) is 18.2 Å². The zero-order valence-corrected chi connectivity index (χ0v) is 17.4. The molecular formula is C20H25N5O5. The fourth-order valence-electron chi connectivity index (χ4n) is 2.85. The van der Waals surface area contributed by atoms with E-state index in [1.54, 1.807) is 7.11 Å². The third kappa shape index (κ3) is 5.90. The molecule has 2 heterocycles. The molecule has 0 spiro atoms. The lowest BCUT2D eigenvalue weighted by Gasteiger charge is -2.05. The molecule has 10 nitrogen and oxygen atoms in total. The van der Waals surface area contributed by atoms with Crippen molar-refractivity contribution < 1.29 is 24.5 Å². The van der Waals surface area contributed by atoms with E-state index in [0.29, 0.717) is 23.8 Å². The molecule has 3 rings (SSSR count). The number of nitrogens with zero attached hydrogens (tertiary/aromatic N) is 5. The van der Waals surface area contributed by atoms with Crippen LogP contribution in [0.5, 0.6) is 5.75 Å². The summed E-state index contributed by atoms with van der Waals surface area (Å²) in [4.78, 5) is 24.8. The van der Waals surface area contributed by atoms with Crippen molar-refractivity contribution in [1.82, 2.24) is 24.5 Å². The molecule has 0 aliphatic heterocycles. The summed E-state index contributed by atoms with van der Waals surface area (Å²) in [5.74, 6) is -0.0940. The minimum absolute atomic E-state index is 0.272. The predicted molar refractivity (Wildman–Crippen MR) is 108 cm³/mol. The summed E-state index contributed by atoms with van der Waals surface area (Å²) >= 11 is 0. The fourth-order valence-corrected chi connectivity index (χ4v) is 2.85. The third-order valence-corrected chi connectivity index (χ3v) is 4.05. The Morgan fingerprint density at radius 2 is 1.80 bits per heavy atom. The summed E-state index contributed by atoms with van der Waals surface area (Å²) in [6, 6.07) is 9.51. The van der Waals surface area contributed by atoms with Gasteiger partial charge in [-0.3, -0.25) is 14.3 Å². The van der Waals surface area contributed by atoms with Gasteiger partial charge in [0.2, 0.25) is 0 Å². The topological polar surface area (TPSA) is 132 Å². The minimum Gasteiger partial charge on any atom is -0.496 e. The lowest BCUT2D eigenvalue weighted by molar-refractivity contribution is -0.138. The molecule has 3 aromatic rings. The minimum atomic E-state index is -0.980. The highest BCUT2D eigenvalue weighted by atomic mass is 16.5. The van der Waals surface area contributed by atoms with Gasteiger partial charge in [-0.05, 0) is 26.0 Å². The van der Waals surface area contributed by atoms with Crippen LogP contribution in [0.25, 0.3) is 11.5 Å². The second kappa shape index (κ2) is 10.2. The number of aromatic nitrogens is 5. The lowest BCUT2D eigenvalue weighted by Crippen LogP contribution is -2.12. The molecule has 1 aromatic carbocycles. The average molecular weight is 415 g/mol. The molecular weight excluding hydrogens is 390 g/mol. The molecule has 0 unspecified atom stereocenters. The maximum Gasteiger partial charge on any atom is 0.325 e. The van der Waals surface area contributed by atoms with Gasteiger partial charge in [-0.15, -0.1) is 0 Å². The normalized spacial score (nSPS) is 10.3. The fraction of sp³-hybridized carbons (Fsp3) is 0.350. The van der Waals surface area contributed by atoms with Crippen molar-refractivity contribution in [3.05, 3.63) is 47.4 Å². The van der Waals surface area contributed by atoms with E-state index in [1.807, 2.05) is 48.9 Å². The zero-order valence-electron chi connectivity index (χ0n) is 17.4. The van der Waals surface area contributed by atoms with Crippen molar-refractivity contribution in [2.75, 3.05) is 7.11 Å². The number of carboxylic acids is 2. The second-order valence-corrected chi connectivity index (χ2v) is 6.40. The van der Waals surface area contributed by atoms with Crippen LogP contribution in [-0.4, -0.2) is 53.8 Å². The average Bonchev–Trinajstić information content (AvgIpc) is 3.24. The zero-order chi connectivity index (χ0) is 22.3. The number of hydrogen-bond acceptors (Lipinski definition) is 6. The number of para-hydroxylation sites is 1.